The first-order valence-electron chi connectivity index (χ1n) is 9.59. The molecule has 2 aromatic carbocycles. The van der Waals surface area contributed by atoms with Crippen molar-refractivity contribution < 1.29 is 19.1 Å². The van der Waals surface area contributed by atoms with Crippen LogP contribution in [-0.4, -0.2) is 31.1 Å². The Kier molecular flexibility index (Phi) is 7.03. The van der Waals surface area contributed by atoms with Gasteiger partial charge in [0.2, 0.25) is 0 Å². The maximum absolute atomic E-state index is 12.1. The third-order valence-electron chi connectivity index (χ3n) is 4.73. The number of aryl methyl sites for hydroxylation is 2. The molecule has 0 amide bonds. The summed E-state index contributed by atoms with van der Waals surface area (Å²) in [5.74, 6) is -1.13. The maximum atomic E-state index is 12.1. The molecule has 0 saturated heterocycles. The van der Waals surface area contributed by atoms with Crippen LogP contribution in [0, 0.1) is 25.2 Å². The number of hydrogen-bond acceptors (Lipinski definition) is 8. The molecule has 0 saturated carbocycles. The van der Waals surface area contributed by atoms with Gasteiger partial charge in [0.25, 0.3) is 0 Å². The van der Waals surface area contributed by atoms with Gasteiger partial charge in [-0.3, -0.25) is 0 Å². The van der Waals surface area contributed by atoms with Crippen LogP contribution < -0.4 is 5.32 Å². The van der Waals surface area contributed by atoms with Crippen molar-refractivity contribution in [1.82, 2.24) is 4.98 Å². The highest BCUT2D eigenvalue weighted by atomic mass is 32.1. The number of carbonyl (C=O) groups is 2. The van der Waals surface area contributed by atoms with E-state index in [4.69, 9.17) is 9.47 Å². The predicted octanol–water partition coefficient (Wildman–Crippen LogP) is 4.98. The standard InChI is InChI=1S/C24H21N3O4S/c1-14-5-7-18(15(2)9-14)21-13-32-22(27-21)17(11-25)12-26-20-10-16(23(28)30-3)6-8-19(20)24(29)31-4/h5-10,12-13,26H,1-4H3. The first-order chi connectivity index (χ1) is 15.4. The number of esters is 2. The summed E-state index contributed by atoms with van der Waals surface area (Å²) in [7, 11) is 2.54. The SMILES string of the molecule is COC(=O)c1ccc(C(=O)OC)c(NC=C(C#N)c2nc(-c3ccc(C)cc3C)cs2)c1. The van der Waals surface area contributed by atoms with Gasteiger partial charge in [-0.2, -0.15) is 5.26 Å². The van der Waals surface area contributed by atoms with Gasteiger partial charge < -0.3 is 14.8 Å². The number of thiazole rings is 1. The van der Waals surface area contributed by atoms with E-state index in [1.807, 2.05) is 31.4 Å². The quantitative estimate of drug-likeness (QED) is 0.420. The maximum Gasteiger partial charge on any atom is 0.339 e. The first-order valence-corrected chi connectivity index (χ1v) is 10.5. The van der Waals surface area contributed by atoms with Gasteiger partial charge in [0.15, 0.2) is 0 Å². The van der Waals surface area contributed by atoms with Gasteiger partial charge in [0.05, 0.1) is 36.7 Å². The zero-order valence-electron chi connectivity index (χ0n) is 18.1. The minimum atomic E-state index is -0.581. The van der Waals surface area contributed by atoms with Gasteiger partial charge in [-0.15, -0.1) is 11.3 Å². The Labute approximate surface area is 189 Å². The number of benzene rings is 2. The molecule has 1 heterocycles. The summed E-state index contributed by atoms with van der Waals surface area (Å²) in [6.07, 6.45) is 1.45. The number of rotatable bonds is 6. The van der Waals surface area contributed by atoms with E-state index in [2.05, 4.69) is 22.4 Å². The van der Waals surface area contributed by atoms with Crippen molar-refractivity contribution in [2.24, 2.45) is 0 Å². The number of carbonyl (C=O) groups excluding carboxylic acids is 2. The topological polar surface area (TPSA) is 101 Å². The molecule has 0 unspecified atom stereocenters. The molecule has 0 atom stereocenters. The van der Waals surface area contributed by atoms with Crippen LogP contribution in [0.15, 0.2) is 48.0 Å². The number of aromatic nitrogens is 1. The molecule has 0 aliphatic carbocycles. The fourth-order valence-electron chi connectivity index (χ4n) is 3.11. The number of hydrogen-bond donors (Lipinski definition) is 1. The molecule has 0 aliphatic rings. The second-order valence-electron chi connectivity index (χ2n) is 6.91. The molecular weight excluding hydrogens is 426 g/mol. The Morgan fingerprint density at radius 2 is 1.84 bits per heavy atom. The number of nitrogens with one attached hydrogen (secondary N) is 1. The van der Waals surface area contributed by atoms with E-state index < -0.39 is 11.9 Å². The molecule has 0 fully saturated rings. The normalized spacial score (nSPS) is 10.9. The van der Waals surface area contributed by atoms with Gasteiger partial charge in [-0.25, -0.2) is 14.6 Å². The molecular formula is C24H21N3O4S. The summed E-state index contributed by atoms with van der Waals surface area (Å²) in [5.41, 5.74) is 5.10. The Bertz CT molecular complexity index is 1250. The highest BCUT2D eigenvalue weighted by Crippen LogP contribution is 2.29. The van der Waals surface area contributed by atoms with Crippen LogP contribution in [0.25, 0.3) is 16.8 Å². The molecule has 8 heteroatoms. The molecule has 3 aromatic rings. The lowest BCUT2D eigenvalue weighted by Crippen LogP contribution is -2.08. The lowest BCUT2D eigenvalue weighted by Gasteiger charge is -2.10. The molecule has 0 bridgehead atoms. The van der Waals surface area contributed by atoms with Crippen LogP contribution in [0.3, 0.4) is 0 Å². The third kappa shape index (κ3) is 4.85. The first kappa shape index (κ1) is 22.7. The summed E-state index contributed by atoms with van der Waals surface area (Å²) in [5, 5.41) is 15.0. The van der Waals surface area contributed by atoms with E-state index in [0.29, 0.717) is 10.7 Å². The Balaban J connectivity index is 1.94. The average Bonchev–Trinajstić information content (AvgIpc) is 3.28. The van der Waals surface area contributed by atoms with Gasteiger partial charge >= 0.3 is 11.9 Å². The number of anilines is 1. The van der Waals surface area contributed by atoms with Crippen molar-refractivity contribution in [3.05, 3.63) is 75.2 Å². The number of nitrogens with zero attached hydrogens (tertiary/aromatic N) is 2. The fourth-order valence-corrected chi connectivity index (χ4v) is 3.90. The number of methoxy groups -OCH3 is 2. The van der Waals surface area contributed by atoms with E-state index in [1.165, 1.54) is 55.5 Å². The molecule has 32 heavy (non-hydrogen) atoms. The van der Waals surface area contributed by atoms with E-state index in [0.717, 1.165) is 16.8 Å². The Morgan fingerprint density at radius 3 is 2.50 bits per heavy atom. The van der Waals surface area contributed by atoms with Gasteiger partial charge in [0, 0.05) is 17.1 Å². The molecule has 0 spiro atoms. The molecule has 0 radical (unpaired) electrons. The van der Waals surface area contributed by atoms with Crippen molar-refractivity contribution in [2.75, 3.05) is 19.5 Å². The lowest BCUT2D eigenvalue weighted by atomic mass is 10.0. The largest absolute Gasteiger partial charge is 0.465 e. The average molecular weight is 448 g/mol. The van der Waals surface area contributed by atoms with Crippen molar-refractivity contribution in [3.8, 4) is 17.3 Å². The Morgan fingerprint density at radius 1 is 1.09 bits per heavy atom. The summed E-state index contributed by atoms with van der Waals surface area (Å²) >= 11 is 1.34. The van der Waals surface area contributed by atoms with E-state index >= 15 is 0 Å². The number of nitriles is 1. The summed E-state index contributed by atoms with van der Waals surface area (Å²) in [6, 6.07) is 12.6. The van der Waals surface area contributed by atoms with Crippen LogP contribution in [0.2, 0.25) is 0 Å². The van der Waals surface area contributed by atoms with Crippen LogP contribution in [0.4, 0.5) is 5.69 Å². The van der Waals surface area contributed by atoms with E-state index in [-0.39, 0.29) is 16.7 Å². The second kappa shape index (κ2) is 9.90. The smallest absolute Gasteiger partial charge is 0.339 e. The van der Waals surface area contributed by atoms with Crippen molar-refractivity contribution in [3.63, 3.8) is 0 Å². The molecule has 0 aliphatic heterocycles. The van der Waals surface area contributed by atoms with Crippen molar-refractivity contribution >= 4 is 34.5 Å². The van der Waals surface area contributed by atoms with Crippen LogP contribution >= 0.6 is 11.3 Å². The minimum absolute atomic E-state index is 0.212. The number of ether oxygens (including phenoxy) is 2. The number of allylic oxidation sites excluding steroid dienone is 1. The monoisotopic (exact) mass is 447 g/mol. The van der Waals surface area contributed by atoms with E-state index in [9.17, 15) is 14.9 Å². The van der Waals surface area contributed by atoms with Crippen molar-refractivity contribution in [2.45, 2.75) is 13.8 Å². The van der Waals surface area contributed by atoms with Crippen LogP contribution in [0.1, 0.15) is 36.9 Å². The zero-order chi connectivity index (χ0) is 23.3. The van der Waals surface area contributed by atoms with Crippen LogP contribution in [0.5, 0.6) is 0 Å². The second-order valence-corrected chi connectivity index (χ2v) is 7.77. The van der Waals surface area contributed by atoms with Gasteiger partial charge in [0.1, 0.15) is 16.6 Å². The fraction of sp³-hybridized carbons (Fsp3) is 0.167. The highest BCUT2D eigenvalue weighted by molar-refractivity contribution is 7.11. The third-order valence-corrected chi connectivity index (χ3v) is 5.61. The van der Waals surface area contributed by atoms with Gasteiger partial charge in [-0.1, -0.05) is 23.8 Å². The Hall–Kier alpha value is -3.96. The summed E-state index contributed by atoms with van der Waals surface area (Å²) in [6.45, 7) is 4.05. The minimum Gasteiger partial charge on any atom is -0.465 e. The van der Waals surface area contributed by atoms with Crippen molar-refractivity contribution in [1.29, 1.82) is 5.26 Å². The van der Waals surface area contributed by atoms with Gasteiger partial charge in [-0.05, 0) is 37.6 Å². The molecule has 7 nitrogen and oxygen atoms in total. The molecule has 1 N–H and O–H groups in total. The lowest BCUT2D eigenvalue weighted by molar-refractivity contribution is 0.0587. The summed E-state index contributed by atoms with van der Waals surface area (Å²) < 4.78 is 9.54. The summed E-state index contributed by atoms with van der Waals surface area (Å²) in [4.78, 5) is 28.6. The highest BCUT2D eigenvalue weighted by Gasteiger charge is 2.16. The van der Waals surface area contributed by atoms with E-state index in [1.54, 1.807) is 0 Å². The molecule has 162 valence electrons. The molecule has 3 rings (SSSR count). The molecule has 1 aromatic heterocycles. The zero-order valence-corrected chi connectivity index (χ0v) is 18.9. The predicted molar refractivity (Wildman–Crippen MR) is 123 cm³/mol. The van der Waals surface area contributed by atoms with Crippen LogP contribution in [-0.2, 0) is 9.47 Å².